The van der Waals surface area contributed by atoms with Gasteiger partial charge in [0.2, 0.25) is 5.91 Å². The van der Waals surface area contributed by atoms with Crippen LogP contribution >= 0.6 is 0 Å². The Morgan fingerprint density at radius 2 is 2.27 bits per heavy atom. The zero-order chi connectivity index (χ0) is 10.9. The van der Waals surface area contributed by atoms with E-state index in [-0.39, 0.29) is 19.1 Å². The molecule has 1 aromatic rings. The van der Waals surface area contributed by atoms with Gasteiger partial charge < -0.3 is 10.4 Å². The number of nitrogens with zero attached hydrogens (tertiary/aromatic N) is 2. The molecule has 5 nitrogen and oxygen atoms in total. The minimum absolute atomic E-state index is 0.0253. The van der Waals surface area contributed by atoms with Crippen molar-refractivity contribution in [3.8, 4) is 0 Å². The first-order chi connectivity index (χ1) is 7.33. The number of rotatable bonds is 7. The zero-order valence-corrected chi connectivity index (χ0v) is 8.72. The van der Waals surface area contributed by atoms with Crippen molar-refractivity contribution in [2.24, 2.45) is 0 Å². The number of amides is 1. The molecule has 0 aromatic carbocycles. The zero-order valence-electron chi connectivity index (χ0n) is 8.72. The van der Waals surface area contributed by atoms with Gasteiger partial charge in [-0.3, -0.25) is 9.48 Å². The van der Waals surface area contributed by atoms with E-state index in [4.69, 9.17) is 5.11 Å². The van der Waals surface area contributed by atoms with Gasteiger partial charge in [0, 0.05) is 25.5 Å². The molecule has 1 rings (SSSR count). The molecule has 1 heterocycles. The van der Waals surface area contributed by atoms with Gasteiger partial charge in [0.25, 0.3) is 0 Å². The highest BCUT2D eigenvalue weighted by Gasteiger charge is 2.00. The van der Waals surface area contributed by atoms with Crippen LogP contribution in [0.5, 0.6) is 0 Å². The summed E-state index contributed by atoms with van der Waals surface area (Å²) >= 11 is 0. The van der Waals surface area contributed by atoms with Gasteiger partial charge in [-0.15, -0.1) is 0 Å². The van der Waals surface area contributed by atoms with Gasteiger partial charge >= 0.3 is 0 Å². The van der Waals surface area contributed by atoms with Gasteiger partial charge in [-0.25, -0.2) is 0 Å². The van der Waals surface area contributed by atoms with E-state index in [0.29, 0.717) is 6.54 Å². The Balaban J connectivity index is 2.04. The van der Waals surface area contributed by atoms with Gasteiger partial charge in [-0.1, -0.05) is 0 Å². The van der Waals surface area contributed by atoms with Crippen LogP contribution in [0.25, 0.3) is 0 Å². The van der Waals surface area contributed by atoms with Crippen LogP contribution in [0, 0.1) is 0 Å². The summed E-state index contributed by atoms with van der Waals surface area (Å²) < 4.78 is 1.59. The number of aromatic nitrogens is 2. The minimum Gasteiger partial charge on any atom is -0.396 e. The molecule has 0 unspecified atom stereocenters. The fraction of sp³-hybridized carbons (Fsp3) is 0.600. The maximum absolute atomic E-state index is 11.3. The molecular formula is C10H17N3O2. The van der Waals surface area contributed by atoms with E-state index in [9.17, 15) is 4.79 Å². The van der Waals surface area contributed by atoms with E-state index >= 15 is 0 Å². The number of nitrogens with one attached hydrogen (secondary N) is 1. The molecule has 0 saturated carbocycles. The van der Waals surface area contributed by atoms with Crippen LogP contribution in [-0.2, 0) is 11.3 Å². The molecule has 2 N–H and O–H groups in total. The first-order valence-corrected chi connectivity index (χ1v) is 5.18. The molecular weight excluding hydrogens is 194 g/mol. The lowest BCUT2D eigenvalue weighted by molar-refractivity contribution is -0.121. The molecule has 1 aromatic heterocycles. The third kappa shape index (κ3) is 5.17. The van der Waals surface area contributed by atoms with E-state index in [1.54, 1.807) is 23.1 Å². The Kier molecular flexibility index (Phi) is 5.47. The Morgan fingerprint density at radius 3 is 2.93 bits per heavy atom. The molecule has 0 fully saturated rings. The predicted octanol–water partition coefficient (Wildman–Crippen LogP) is 0.162. The van der Waals surface area contributed by atoms with Crippen molar-refractivity contribution in [3.63, 3.8) is 0 Å². The summed E-state index contributed by atoms with van der Waals surface area (Å²) in [5.41, 5.74) is 0. The molecule has 0 aliphatic carbocycles. The highest BCUT2D eigenvalue weighted by atomic mass is 16.2. The van der Waals surface area contributed by atoms with Crippen molar-refractivity contribution < 1.29 is 9.90 Å². The van der Waals surface area contributed by atoms with E-state index in [2.05, 4.69) is 10.4 Å². The lowest BCUT2D eigenvalue weighted by Gasteiger charge is -2.04. The minimum atomic E-state index is -0.0253. The molecule has 0 radical (unpaired) electrons. The van der Waals surface area contributed by atoms with Gasteiger partial charge in [-0.2, -0.15) is 5.10 Å². The molecule has 0 aliphatic heterocycles. The second-order valence-electron chi connectivity index (χ2n) is 3.34. The summed E-state index contributed by atoms with van der Waals surface area (Å²) in [6, 6.07) is 1.79. The maximum atomic E-state index is 11.3. The average molecular weight is 211 g/mol. The average Bonchev–Trinajstić information content (AvgIpc) is 2.70. The number of unbranched alkanes of at least 4 members (excludes halogenated alkanes) is 2. The Hall–Kier alpha value is -1.36. The summed E-state index contributed by atoms with van der Waals surface area (Å²) in [5, 5.41) is 15.3. The van der Waals surface area contributed by atoms with E-state index in [1.165, 1.54) is 0 Å². The molecule has 0 aliphatic rings. The lowest BCUT2D eigenvalue weighted by Crippen LogP contribution is -2.28. The Labute approximate surface area is 89.1 Å². The summed E-state index contributed by atoms with van der Waals surface area (Å²) in [5.74, 6) is -0.0253. The van der Waals surface area contributed by atoms with Crippen molar-refractivity contribution in [1.82, 2.24) is 15.1 Å². The van der Waals surface area contributed by atoms with Crippen LogP contribution in [0.3, 0.4) is 0 Å². The smallest absolute Gasteiger partial charge is 0.241 e. The third-order valence-corrected chi connectivity index (χ3v) is 2.02. The molecule has 84 valence electrons. The first-order valence-electron chi connectivity index (χ1n) is 5.18. The monoisotopic (exact) mass is 211 g/mol. The number of hydrogen-bond donors (Lipinski definition) is 2. The van der Waals surface area contributed by atoms with E-state index < -0.39 is 0 Å². The van der Waals surface area contributed by atoms with Crippen molar-refractivity contribution in [1.29, 1.82) is 0 Å². The van der Waals surface area contributed by atoms with Crippen LogP contribution in [0.15, 0.2) is 18.5 Å². The normalized spacial score (nSPS) is 10.2. The van der Waals surface area contributed by atoms with Gasteiger partial charge in [0.1, 0.15) is 6.54 Å². The second-order valence-corrected chi connectivity index (χ2v) is 3.34. The van der Waals surface area contributed by atoms with Crippen LogP contribution < -0.4 is 5.32 Å². The second kappa shape index (κ2) is 7.00. The van der Waals surface area contributed by atoms with Crippen molar-refractivity contribution >= 4 is 5.91 Å². The van der Waals surface area contributed by atoms with Crippen molar-refractivity contribution in [2.75, 3.05) is 13.2 Å². The van der Waals surface area contributed by atoms with E-state index in [0.717, 1.165) is 19.3 Å². The standard InChI is InChI=1S/C10H17N3O2/c14-8-3-1-2-5-11-10(15)9-13-7-4-6-12-13/h4,6-7,14H,1-3,5,8-9H2,(H,11,15). The molecule has 0 spiro atoms. The number of carbonyl (C=O) groups excluding carboxylic acids is 1. The third-order valence-electron chi connectivity index (χ3n) is 2.02. The number of carbonyl (C=O) groups is 1. The van der Waals surface area contributed by atoms with Crippen LogP contribution in [-0.4, -0.2) is 33.9 Å². The number of hydrogen-bond acceptors (Lipinski definition) is 3. The molecule has 5 heteroatoms. The Bertz CT molecular complexity index is 272. The maximum Gasteiger partial charge on any atom is 0.241 e. The first kappa shape index (κ1) is 11.7. The van der Waals surface area contributed by atoms with Gasteiger partial charge in [-0.05, 0) is 25.3 Å². The SMILES string of the molecule is O=C(Cn1cccn1)NCCCCCO. The summed E-state index contributed by atoms with van der Waals surface area (Å²) in [4.78, 5) is 11.3. The summed E-state index contributed by atoms with van der Waals surface area (Å²) in [6.45, 7) is 1.16. The van der Waals surface area contributed by atoms with Gasteiger partial charge in [0.15, 0.2) is 0 Å². The molecule has 0 bridgehead atoms. The predicted molar refractivity (Wildman–Crippen MR) is 56.2 cm³/mol. The van der Waals surface area contributed by atoms with Crippen LogP contribution in [0.1, 0.15) is 19.3 Å². The molecule has 0 saturated heterocycles. The summed E-state index contributed by atoms with van der Waals surface area (Å²) in [7, 11) is 0. The molecule has 1 amide bonds. The van der Waals surface area contributed by atoms with Crippen LogP contribution in [0.2, 0.25) is 0 Å². The summed E-state index contributed by atoms with van der Waals surface area (Å²) in [6.07, 6.45) is 6.05. The molecule has 0 atom stereocenters. The van der Waals surface area contributed by atoms with Crippen molar-refractivity contribution in [3.05, 3.63) is 18.5 Å². The number of aliphatic hydroxyl groups excluding tert-OH is 1. The fourth-order valence-electron chi connectivity index (χ4n) is 1.24. The van der Waals surface area contributed by atoms with E-state index in [1.807, 2.05) is 0 Å². The van der Waals surface area contributed by atoms with Crippen molar-refractivity contribution in [2.45, 2.75) is 25.8 Å². The fourth-order valence-corrected chi connectivity index (χ4v) is 1.24. The highest BCUT2D eigenvalue weighted by molar-refractivity contribution is 5.75. The Morgan fingerprint density at radius 1 is 1.40 bits per heavy atom. The van der Waals surface area contributed by atoms with Gasteiger partial charge in [0.05, 0.1) is 0 Å². The highest BCUT2D eigenvalue weighted by Crippen LogP contribution is 1.92. The molecule has 15 heavy (non-hydrogen) atoms. The lowest BCUT2D eigenvalue weighted by atomic mass is 10.2. The number of aliphatic hydroxyl groups is 1. The largest absolute Gasteiger partial charge is 0.396 e. The van der Waals surface area contributed by atoms with Crippen LogP contribution in [0.4, 0.5) is 0 Å². The quantitative estimate of drug-likeness (QED) is 0.631. The topological polar surface area (TPSA) is 67.2 Å².